The number of benzene rings is 1. The van der Waals surface area contributed by atoms with E-state index in [0.717, 1.165) is 48.3 Å². The van der Waals surface area contributed by atoms with E-state index in [1.54, 1.807) is 17.5 Å². The van der Waals surface area contributed by atoms with Gasteiger partial charge in [0.1, 0.15) is 11.5 Å². The zero-order valence-electron chi connectivity index (χ0n) is 17.9. The topological polar surface area (TPSA) is 88.3 Å². The van der Waals surface area contributed by atoms with Gasteiger partial charge >= 0.3 is 0 Å². The number of nitrogens with one attached hydrogen (secondary N) is 1. The summed E-state index contributed by atoms with van der Waals surface area (Å²) in [6.45, 7) is 5.75. The predicted octanol–water partition coefficient (Wildman–Crippen LogP) is 4.50. The number of hydrogen-bond donors (Lipinski definition) is 1. The summed E-state index contributed by atoms with van der Waals surface area (Å²) in [6, 6.07) is 8.45. The smallest absolute Gasteiger partial charge is 0.280 e. The van der Waals surface area contributed by atoms with Crippen molar-refractivity contribution in [3.63, 3.8) is 0 Å². The summed E-state index contributed by atoms with van der Waals surface area (Å²) < 4.78 is 9.73. The standard InChI is InChI=1S/C23H26N4O3S/c1-14-7-6-10-19(16(14)3)27(23(29)18-13-31-26-25-18)21(20-12-11-15(2)30-20)22(28)24-17-8-4-5-9-17/h6-7,10-13,17,21H,4-5,8-9H2,1-3H3,(H,24,28). The minimum absolute atomic E-state index is 0.113. The normalized spacial score (nSPS) is 15.1. The van der Waals surface area contributed by atoms with Gasteiger partial charge in [-0.15, -0.1) is 5.10 Å². The van der Waals surface area contributed by atoms with Crippen LogP contribution in [-0.2, 0) is 4.79 Å². The monoisotopic (exact) mass is 438 g/mol. The number of nitrogens with zero attached hydrogens (tertiary/aromatic N) is 3. The largest absolute Gasteiger partial charge is 0.464 e. The maximum Gasteiger partial charge on any atom is 0.280 e. The van der Waals surface area contributed by atoms with E-state index in [1.807, 2.05) is 39.0 Å². The molecule has 0 spiro atoms. The lowest BCUT2D eigenvalue weighted by Crippen LogP contribution is -2.46. The summed E-state index contributed by atoms with van der Waals surface area (Å²) in [6.07, 6.45) is 4.09. The first-order chi connectivity index (χ1) is 15.0. The van der Waals surface area contributed by atoms with Gasteiger partial charge < -0.3 is 9.73 Å². The second-order valence-electron chi connectivity index (χ2n) is 8.03. The first-order valence-corrected chi connectivity index (χ1v) is 11.3. The molecule has 0 saturated heterocycles. The first kappa shape index (κ1) is 21.2. The second-order valence-corrected chi connectivity index (χ2v) is 8.64. The Morgan fingerprint density at radius 1 is 1.16 bits per heavy atom. The Labute approximate surface area is 185 Å². The Morgan fingerprint density at radius 3 is 2.58 bits per heavy atom. The van der Waals surface area contributed by atoms with Crippen molar-refractivity contribution < 1.29 is 14.0 Å². The van der Waals surface area contributed by atoms with Gasteiger partial charge in [0.15, 0.2) is 11.7 Å². The van der Waals surface area contributed by atoms with Gasteiger partial charge in [-0.25, -0.2) is 0 Å². The van der Waals surface area contributed by atoms with Gasteiger partial charge in [0.25, 0.3) is 11.8 Å². The zero-order valence-corrected chi connectivity index (χ0v) is 18.7. The average molecular weight is 439 g/mol. The summed E-state index contributed by atoms with van der Waals surface area (Å²) >= 11 is 1.10. The molecule has 3 aromatic rings. The van der Waals surface area contributed by atoms with Gasteiger partial charge in [0.2, 0.25) is 0 Å². The molecule has 2 heterocycles. The van der Waals surface area contributed by atoms with Crippen LogP contribution in [-0.4, -0.2) is 27.4 Å². The third kappa shape index (κ3) is 4.39. The van der Waals surface area contributed by atoms with Crippen LogP contribution in [0.5, 0.6) is 0 Å². The molecule has 1 unspecified atom stereocenters. The minimum Gasteiger partial charge on any atom is -0.464 e. The molecule has 8 heteroatoms. The molecular formula is C23H26N4O3S. The van der Waals surface area contributed by atoms with Crippen molar-refractivity contribution in [1.29, 1.82) is 0 Å². The number of aryl methyl sites for hydroxylation is 2. The van der Waals surface area contributed by atoms with Crippen LogP contribution in [0, 0.1) is 20.8 Å². The molecule has 2 amide bonds. The van der Waals surface area contributed by atoms with E-state index in [0.29, 0.717) is 17.2 Å². The van der Waals surface area contributed by atoms with E-state index in [2.05, 4.69) is 14.9 Å². The third-order valence-corrected chi connectivity index (χ3v) is 6.38. The molecule has 1 fully saturated rings. The molecule has 4 rings (SSSR count). The molecule has 1 aliphatic carbocycles. The number of furan rings is 1. The van der Waals surface area contributed by atoms with Crippen LogP contribution in [0.1, 0.15) is 64.9 Å². The van der Waals surface area contributed by atoms with Gasteiger partial charge in [-0.1, -0.05) is 29.5 Å². The fraction of sp³-hybridized carbons (Fsp3) is 0.391. The molecule has 2 aromatic heterocycles. The highest BCUT2D eigenvalue weighted by molar-refractivity contribution is 7.03. The Hall–Kier alpha value is -3.00. The van der Waals surface area contributed by atoms with Crippen molar-refractivity contribution in [1.82, 2.24) is 14.9 Å². The van der Waals surface area contributed by atoms with Gasteiger partial charge in [-0.2, -0.15) is 0 Å². The minimum atomic E-state index is -0.955. The number of rotatable bonds is 6. The Balaban J connectivity index is 1.83. The van der Waals surface area contributed by atoms with Crippen LogP contribution in [0.25, 0.3) is 0 Å². The van der Waals surface area contributed by atoms with E-state index in [1.165, 1.54) is 4.90 Å². The van der Waals surface area contributed by atoms with Crippen LogP contribution in [0.3, 0.4) is 0 Å². The van der Waals surface area contributed by atoms with E-state index >= 15 is 0 Å². The molecular weight excluding hydrogens is 412 g/mol. The molecule has 0 bridgehead atoms. The fourth-order valence-electron chi connectivity index (χ4n) is 4.07. The molecule has 1 aliphatic rings. The van der Waals surface area contributed by atoms with Crippen molar-refractivity contribution in [2.45, 2.75) is 58.5 Å². The van der Waals surface area contributed by atoms with Crippen LogP contribution < -0.4 is 10.2 Å². The lowest BCUT2D eigenvalue weighted by Gasteiger charge is -2.31. The Bertz CT molecular complexity index is 1070. The zero-order chi connectivity index (χ0) is 22.0. The van der Waals surface area contributed by atoms with Gasteiger partial charge in [-0.05, 0) is 74.5 Å². The number of carbonyl (C=O) groups excluding carboxylic acids is 2. The number of anilines is 1. The fourth-order valence-corrected chi connectivity index (χ4v) is 4.50. The van der Waals surface area contributed by atoms with Gasteiger partial charge in [0.05, 0.1) is 0 Å². The number of aromatic nitrogens is 2. The number of amides is 2. The van der Waals surface area contributed by atoms with Gasteiger partial charge in [0, 0.05) is 17.1 Å². The summed E-state index contributed by atoms with van der Waals surface area (Å²) in [5, 5.41) is 8.72. The second kappa shape index (κ2) is 9.01. The van der Waals surface area contributed by atoms with Gasteiger partial charge in [-0.3, -0.25) is 14.5 Å². The van der Waals surface area contributed by atoms with Crippen LogP contribution in [0.4, 0.5) is 5.69 Å². The highest BCUT2D eigenvalue weighted by Gasteiger charge is 2.38. The SMILES string of the molecule is Cc1ccc(C(C(=O)NC2CCCC2)N(C(=O)c2csnn2)c2cccc(C)c2C)o1. The molecule has 1 aromatic carbocycles. The highest BCUT2D eigenvalue weighted by Crippen LogP contribution is 2.34. The van der Waals surface area contributed by atoms with E-state index in [4.69, 9.17) is 4.42 Å². The number of hydrogen-bond acceptors (Lipinski definition) is 6. The van der Waals surface area contributed by atoms with Crippen molar-refractivity contribution in [3.05, 3.63) is 64.1 Å². The molecule has 1 atom stereocenters. The summed E-state index contributed by atoms with van der Waals surface area (Å²) in [4.78, 5) is 28.7. The summed E-state index contributed by atoms with van der Waals surface area (Å²) in [5.74, 6) is 0.463. The highest BCUT2D eigenvalue weighted by atomic mass is 32.1. The van der Waals surface area contributed by atoms with Crippen molar-refractivity contribution >= 4 is 29.0 Å². The van der Waals surface area contributed by atoms with Crippen molar-refractivity contribution in [3.8, 4) is 0 Å². The van der Waals surface area contributed by atoms with Crippen LogP contribution in [0.15, 0.2) is 40.1 Å². The first-order valence-electron chi connectivity index (χ1n) is 10.5. The maximum atomic E-state index is 13.6. The van der Waals surface area contributed by atoms with E-state index in [-0.39, 0.29) is 23.6 Å². The average Bonchev–Trinajstić information content (AvgIpc) is 3.51. The maximum absolute atomic E-state index is 13.6. The molecule has 31 heavy (non-hydrogen) atoms. The Kier molecular flexibility index (Phi) is 6.18. The summed E-state index contributed by atoms with van der Waals surface area (Å²) in [7, 11) is 0. The lowest BCUT2D eigenvalue weighted by atomic mass is 10.0. The predicted molar refractivity (Wildman–Crippen MR) is 119 cm³/mol. The molecule has 0 radical (unpaired) electrons. The third-order valence-electron chi connectivity index (χ3n) is 5.87. The lowest BCUT2D eigenvalue weighted by molar-refractivity contribution is -0.123. The Morgan fingerprint density at radius 2 is 1.94 bits per heavy atom. The molecule has 162 valence electrons. The molecule has 7 nitrogen and oxygen atoms in total. The van der Waals surface area contributed by atoms with Crippen LogP contribution >= 0.6 is 11.5 Å². The molecule has 1 saturated carbocycles. The van der Waals surface area contributed by atoms with Crippen LogP contribution in [0.2, 0.25) is 0 Å². The van der Waals surface area contributed by atoms with E-state index < -0.39 is 6.04 Å². The van der Waals surface area contributed by atoms with Crippen molar-refractivity contribution in [2.24, 2.45) is 0 Å². The quantitative estimate of drug-likeness (QED) is 0.612. The summed E-state index contributed by atoms with van der Waals surface area (Å²) in [5.41, 5.74) is 2.80. The number of carbonyl (C=O) groups is 2. The van der Waals surface area contributed by atoms with E-state index in [9.17, 15) is 9.59 Å². The molecule has 0 aliphatic heterocycles. The van der Waals surface area contributed by atoms with Crippen molar-refractivity contribution in [2.75, 3.05) is 4.90 Å². The molecule has 1 N–H and O–H groups in total.